The highest BCUT2D eigenvalue weighted by atomic mass is 16.5. The molecule has 4 heteroatoms. The average Bonchev–Trinajstić information content (AvgIpc) is 2.45. The van der Waals surface area contributed by atoms with Crippen molar-refractivity contribution in [3.8, 4) is 5.75 Å². The Morgan fingerprint density at radius 1 is 1.35 bits per heavy atom. The molecule has 20 heavy (non-hydrogen) atoms. The van der Waals surface area contributed by atoms with Crippen LogP contribution in [0.2, 0.25) is 0 Å². The third kappa shape index (κ3) is 6.06. The molecular formula is C16H25NO3. The normalized spacial score (nSPS) is 13.6. The van der Waals surface area contributed by atoms with Crippen LogP contribution in [0.1, 0.15) is 39.5 Å². The van der Waals surface area contributed by atoms with Crippen molar-refractivity contribution in [2.24, 2.45) is 0 Å². The van der Waals surface area contributed by atoms with Gasteiger partial charge in [0.05, 0.1) is 6.61 Å². The van der Waals surface area contributed by atoms with Gasteiger partial charge < -0.3 is 15.2 Å². The zero-order valence-corrected chi connectivity index (χ0v) is 12.4. The highest BCUT2D eigenvalue weighted by molar-refractivity contribution is 5.76. The first-order valence-corrected chi connectivity index (χ1v) is 7.19. The molecular weight excluding hydrogens is 254 g/mol. The molecule has 0 aromatic heterocycles. The molecule has 4 nitrogen and oxygen atoms in total. The Bertz CT molecular complexity index is 394. The van der Waals surface area contributed by atoms with Crippen molar-refractivity contribution in [2.75, 3.05) is 13.2 Å². The Labute approximate surface area is 121 Å². The van der Waals surface area contributed by atoms with Crippen molar-refractivity contribution in [1.29, 1.82) is 0 Å². The van der Waals surface area contributed by atoms with E-state index < -0.39 is 0 Å². The molecule has 1 amide bonds. The predicted molar refractivity (Wildman–Crippen MR) is 79.7 cm³/mol. The molecule has 1 atom stereocenters. The van der Waals surface area contributed by atoms with E-state index >= 15 is 0 Å². The molecule has 0 aliphatic heterocycles. The Hall–Kier alpha value is -1.55. The number of nitrogens with one attached hydrogen (secondary N) is 1. The van der Waals surface area contributed by atoms with Crippen LogP contribution in [0.4, 0.5) is 0 Å². The largest absolute Gasteiger partial charge is 0.494 e. The summed E-state index contributed by atoms with van der Waals surface area (Å²) in [5.74, 6) is 0.839. The van der Waals surface area contributed by atoms with Gasteiger partial charge in [0.15, 0.2) is 0 Å². The van der Waals surface area contributed by atoms with E-state index in [0.717, 1.165) is 12.2 Å². The smallest absolute Gasteiger partial charge is 0.220 e. The number of para-hydroxylation sites is 1. The van der Waals surface area contributed by atoms with E-state index in [0.29, 0.717) is 25.9 Å². The number of amides is 1. The number of benzene rings is 1. The van der Waals surface area contributed by atoms with Crippen molar-refractivity contribution >= 4 is 5.91 Å². The second kappa shape index (κ2) is 8.59. The zero-order valence-electron chi connectivity index (χ0n) is 12.4. The van der Waals surface area contributed by atoms with Gasteiger partial charge in [-0.15, -0.1) is 0 Å². The monoisotopic (exact) mass is 279 g/mol. The van der Waals surface area contributed by atoms with Gasteiger partial charge in [0.25, 0.3) is 0 Å². The Morgan fingerprint density at radius 3 is 2.65 bits per heavy atom. The van der Waals surface area contributed by atoms with Crippen LogP contribution in [0, 0.1) is 0 Å². The minimum atomic E-state index is -0.313. The van der Waals surface area contributed by atoms with E-state index in [4.69, 9.17) is 9.84 Å². The maximum Gasteiger partial charge on any atom is 0.220 e. The lowest BCUT2D eigenvalue weighted by Gasteiger charge is -2.29. The number of rotatable bonds is 9. The third-order valence-corrected chi connectivity index (χ3v) is 3.45. The van der Waals surface area contributed by atoms with Gasteiger partial charge in [-0.1, -0.05) is 25.1 Å². The third-order valence-electron chi connectivity index (χ3n) is 3.45. The number of carbonyl (C=O) groups excluding carboxylic acids is 1. The van der Waals surface area contributed by atoms with Gasteiger partial charge in [-0.3, -0.25) is 4.79 Å². The van der Waals surface area contributed by atoms with E-state index in [1.54, 1.807) is 0 Å². The summed E-state index contributed by atoms with van der Waals surface area (Å²) < 4.78 is 5.54. The molecule has 0 saturated heterocycles. The van der Waals surface area contributed by atoms with Crippen LogP contribution in [0.25, 0.3) is 0 Å². The van der Waals surface area contributed by atoms with Gasteiger partial charge in [-0.2, -0.15) is 0 Å². The fraction of sp³-hybridized carbons (Fsp3) is 0.562. The van der Waals surface area contributed by atoms with E-state index in [2.05, 4.69) is 5.32 Å². The summed E-state index contributed by atoms with van der Waals surface area (Å²) >= 11 is 0. The van der Waals surface area contributed by atoms with E-state index in [1.807, 2.05) is 44.2 Å². The average molecular weight is 279 g/mol. The molecule has 2 N–H and O–H groups in total. The SMILES string of the molecule is CCC(C)(CCO)NC(=O)CCCOc1ccccc1. The predicted octanol–water partition coefficient (Wildman–Crippen LogP) is 2.51. The maximum absolute atomic E-state index is 11.9. The lowest BCUT2D eigenvalue weighted by Crippen LogP contribution is -2.46. The second-order valence-electron chi connectivity index (χ2n) is 5.20. The summed E-state index contributed by atoms with van der Waals surface area (Å²) in [7, 11) is 0. The summed E-state index contributed by atoms with van der Waals surface area (Å²) in [6.45, 7) is 4.58. The van der Waals surface area contributed by atoms with Crippen LogP contribution in [0.5, 0.6) is 5.75 Å². The van der Waals surface area contributed by atoms with E-state index in [1.165, 1.54) is 0 Å². The molecule has 0 spiro atoms. The van der Waals surface area contributed by atoms with Gasteiger partial charge in [-0.25, -0.2) is 0 Å². The zero-order chi connectivity index (χ0) is 14.8. The molecule has 0 fully saturated rings. The number of carbonyl (C=O) groups is 1. The van der Waals surface area contributed by atoms with Crippen LogP contribution in [-0.2, 0) is 4.79 Å². The van der Waals surface area contributed by atoms with Crippen molar-refractivity contribution in [1.82, 2.24) is 5.32 Å². The molecule has 1 aromatic carbocycles. The van der Waals surface area contributed by atoms with Gasteiger partial charge in [0.1, 0.15) is 5.75 Å². The second-order valence-corrected chi connectivity index (χ2v) is 5.20. The molecule has 1 aromatic rings. The van der Waals surface area contributed by atoms with Crippen molar-refractivity contribution in [2.45, 2.75) is 45.1 Å². The fourth-order valence-corrected chi connectivity index (χ4v) is 1.91. The Balaban J connectivity index is 2.23. The van der Waals surface area contributed by atoms with Crippen molar-refractivity contribution in [3.63, 3.8) is 0 Å². The molecule has 0 aliphatic carbocycles. The summed E-state index contributed by atoms with van der Waals surface area (Å²) in [5.41, 5.74) is -0.313. The quantitative estimate of drug-likeness (QED) is 0.683. The molecule has 0 aliphatic rings. The van der Waals surface area contributed by atoms with Crippen LogP contribution in [0.3, 0.4) is 0 Å². The summed E-state index contributed by atoms with van der Waals surface area (Å²) in [5, 5.41) is 12.0. The van der Waals surface area contributed by atoms with Gasteiger partial charge in [0, 0.05) is 18.6 Å². The summed E-state index contributed by atoms with van der Waals surface area (Å²) in [6.07, 6.45) is 2.50. The van der Waals surface area contributed by atoms with E-state index in [9.17, 15) is 4.79 Å². The lowest BCUT2D eigenvalue weighted by atomic mass is 9.94. The fourth-order valence-electron chi connectivity index (χ4n) is 1.91. The number of aliphatic hydroxyl groups is 1. The molecule has 1 unspecified atom stereocenters. The Kier molecular flexibility index (Phi) is 7.09. The molecule has 0 bridgehead atoms. The van der Waals surface area contributed by atoms with Crippen LogP contribution in [0.15, 0.2) is 30.3 Å². The van der Waals surface area contributed by atoms with Gasteiger partial charge in [-0.05, 0) is 38.3 Å². The lowest BCUT2D eigenvalue weighted by molar-refractivity contribution is -0.123. The number of ether oxygens (including phenoxy) is 1. The standard InChI is InChI=1S/C16H25NO3/c1-3-16(2,11-12-18)17-15(19)10-7-13-20-14-8-5-4-6-9-14/h4-6,8-9,18H,3,7,10-13H2,1-2H3,(H,17,19). The minimum absolute atomic E-state index is 0.0134. The van der Waals surface area contributed by atoms with E-state index in [-0.39, 0.29) is 18.1 Å². The van der Waals surface area contributed by atoms with Crippen LogP contribution < -0.4 is 10.1 Å². The Morgan fingerprint density at radius 2 is 2.05 bits per heavy atom. The first-order valence-electron chi connectivity index (χ1n) is 7.19. The molecule has 0 heterocycles. The molecule has 1 rings (SSSR count). The van der Waals surface area contributed by atoms with Crippen molar-refractivity contribution < 1.29 is 14.6 Å². The highest BCUT2D eigenvalue weighted by Gasteiger charge is 2.23. The molecule has 112 valence electrons. The first-order chi connectivity index (χ1) is 9.59. The topological polar surface area (TPSA) is 58.6 Å². The first kappa shape index (κ1) is 16.5. The molecule has 0 radical (unpaired) electrons. The summed E-state index contributed by atoms with van der Waals surface area (Å²) in [6, 6.07) is 9.57. The number of hydrogen-bond donors (Lipinski definition) is 2. The van der Waals surface area contributed by atoms with Crippen LogP contribution in [-0.4, -0.2) is 29.8 Å². The van der Waals surface area contributed by atoms with Gasteiger partial charge in [0.2, 0.25) is 5.91 Å². The van der Waals surface area contributed by atoms with Crippen LogP contribution >= 0.6 is 0 Å². The highest BCUT2D eigenvalue weighted by Crippen LogP contribution is 2.14. The van der Waals surface area contributed by atoms with Crippen molar-refractivity contribution in [3.05, 3.63) is 30.3 Å². The van der Waals surface area contributed by atoms with Gasteiger partial charge >= 0.3 is 0 Å². The molecule has 0 saturated carbocycles. The summed E-state index contributed by atoms with van der Waals surface area (Å²) in [4.78, 5) is 11.9. The number of aliphatic hydroxyl groups excluding tert-OH is 1. The maximum atomic E-state index is 11.9. The minimum Gasteiger partial charge on any atom is -0.494 e. The number of hydrogen-bond acceptors (Lipinski definition) is 3.